The fraction of sp³-hybridized carbons (Fsp3) is 0.333. The fourth-order valence-electron chi connectivity index (χ4n) is 1.25. The third-order valence-electron chi connectivity index (χ3n) is 2.16. The van der Waals surface area contributed by atoms with Gasteiger partial charge in [-0.05, 0) is 5.56 Å². The molecule has 0 unspecified atom stereocenters. The summed E-state index contributed by atoms with van der Waals surface area (Å²) in [5.41, 5.74) is 6.34. The molecule has 1 aromatic rings. The lowest BCUT2D eigenvalue weighted by molar-refractivity contribution is -0.139. The van der Waals surface area contributed by atoms with Crippen LogP contribution in [-0.2, 0) is 20.9 Å². The molecule has 1 aromatic carbocycles. The predicted molar refractivity (Wildman–Crippen MR) is 61.3 cm³/mol. The van der Waals surface area contributed by atoms with Crippen LogP contribution in [0.5, 0.6) is 0 Å². The van der Waals surface area contributed by atoms with Crippen LogP contribution < -0.4 is 5.73 Å². The molecule has 3 N–H and O–H groups in total. The second kappa shape index (κ2) is 6.78. The smallest absolute Gasteiger partial charge is 0.305 e. The summed E-state index contributed by atoms with van der Waals surface area (Å²) >= 11 is 0. The normalized spacial score (nSPS) is 12.1. The predicted octanol–water partition coefficient (Wildman–Crippen LogP) is 0.574. The van der Waals surface area contributed by atoms with Crippen LogP contribution in [0.4, 0.5) is 0 Å². The summed E-state index contributed by atoms with van der Waals surface area (Å²) in [6.07, 6.45) is -0.368. The molecule has 0 aliphatic carbocycles. The highest BCUT2D eigenvalue weighted by atomic mass is 16.5. The van der Waals surface area contributed by atoms with Crippen molar-refractivity contribution in [3.05, 3.63) is 35.9 Å². The molecule has 0 saturated heterocycles. The van der Waals surface area contributed by atoms with Crippen molar-refractivity contribution in [2.75, 3.05) is 6.61 Å². The van der Waals surface area contributed by atoms with Gasteiger partial charge in [0.2, 0.25) is 0 Å². The number of ether oxygens (including phenoxy) is 1. The van der Waals surface area contributed by atoms with Crippen LogP contribution in [0.3, 0.4) is 0 Å². The van der Waals surface area contributed by atoms with Gasteiger partial charge < -0.3 is 15.6 Å². The Morgan fingerprint density at radius 3 is 2.53 bits per heavy atom. The highest BCUT2D eigenvalue weighted by Gasteiger charge is 2.16. The van der Waals surface area contributed by atoms with Crippen LogP contribution in [0, 0.1) is 0 Å². The molecular formula is C12H15NO4. The molecule has 0 saturated carbocycles. The molecule has 17 heavy (non-hydrogen) atoms. The maximum absolute atomic E-state index is 11.4. The number of benzene rings is 1. The molecule has 92 valence electrons. The Kier molecular flexibility index (Phi) is 5.32. The number of Topliss-reactive ketones (excluding diaryl/α,β-unsaturated/α-hetero) is 1. The SMILES string of the molecule is N[C@@H](CC(=O)O)C(=O)COCc1ccccc1. The molecule has 1 atom stereocenters. The molecule has 0 aromatic heterocycles. The number of nitrogens with two attached hydrogens (primary N) is 1. The highest BCUT2D eigenvalue weighted by Crippen LogP contribution is 2.01. The monoisotopic (exact) mass is 237 g/mol. The van der Waals surface area contributed by atoms with Gasteiger partial charge in [0.05, 0.1) is 19.1 Å². The number of aliphatic carboxylic acids is 1. The van der Waals surface area contributed by atoms with E-state index in [-0.39, 0.29) is 13.0 Å². The number of carboxylic acid groups (broad SMARTS) is 1. The molecule has 0 heterocycles. The van der Waals surface area contributed by atoms with E-state index in [0.717, 1.165) is 5.56 Å². The van der Waals surface area contributed by atoms with Gasteiger partial charge in [0.25, 0.3) is 0 Å². The van der Waals surface area contributed by atoms with E-state index in [1.807, 2.05) is 30.3 Å². The van der Waals surface area contributed by atoms with Crippen molar-refractivity contribution >= 4 is 11.8 Å². The van der Waals surface area contributed by atoms with E-state index in [9.17, 15) is 9.59 Å². The Morgan fingerprint density at radius 2 is 1.94 bits per heavy atom. The molecule has 0 aliphatic heterocycles. The van der Waals surface area contributed by atoms with Crippen LogP contribution in [-0.4, -0.2) is 29.5 Å². The first-order valence-corrected chi connectivity index (χ1v) is 5.21. The number of carbonyl (C=O) groups is 2. The summed E-state index contributed by atoms with van der Waals surface area (Å²) in [7, 11) is 0. The molecule has 0 aliphatic rings. The number of hydrogen-bond donors (Lipinski definition) is 2. The Morgan fingerprint density at radius 1 is 1.29 bits per heavy atom. The average Bonchev–Trinajstić information content (AvgIpc) is 2.29. The van der Waals surface area contributed by atoms with Crippen molar-refractivity contribution in [3.63, 3.8) is 0 Å². The van der Waals surface area contributed by atoms with Crippen molar-refractivity contribution in [1.82, 2.24) is 0 Å². The zero-order chi connectivity index (χ0) is 12.7. The standard InChI is InChI=1S/C12H15NO4/c13-10(6-12(15)16)11(14)8-17-7-9-4-2-1-3-5-9/h1-5,10H,6-8,13H2,(H,15,16)/t10-/m0/s1. The molecule has 0 amide bonds. The molecule has 0 spiro atoms. The van der Waals surface area contributed by atoms with Gasteiger partial charge in [-0.1, -0.05) is 30.3 Å². The van der Waals surface area contributed by atoms with Crippen LogP contribution in [0.25, 0.3) is 0 Å². The Hall–Kier alpha value is -1.72. The van der Waals surface area contributed by atoms with E-state index >= 15 is 0 Å². The summed E-state index contributed by atoms with van der Waals surface area (Å²) in [4.78, 5) is 21.7. The van der Waals surface area contributed by atoms with Crippen molar-refractivity contribution in [2.45, 2.75) is 19.1 Å². The van der Waals surface area contributed by atoms with E-state index in [1.165, 1.54) is 0 Å². The maximum Gasteiger partial charge on any atom is 0.305 e. The summed E-state index contributed by atoms with van der Waals surface area (Å²) in [5.74, 6) is -1.49. The lowest BCUT2D eigenvalue weighted by Gasteiger charge is -2.08. The largest absolute Gasteiger partial charge is 0.481 e. The van der Waals surface area contributed by atoms with Gasteiger partial charge in [-0.25, -0.2) is 0 Å². The van der Waals surface area contributed by atoms with E-state index in [2.05, 4.69) is 0 Å². The summed E-state index contributed by atoms with van der Waals surface area (Å²) in [6, 6.07) is 8.39. The lowest BCUT2D eigenvalue weighted by Crippen LogP contribution is -2.35. The van der Waals surface area contributed by atoms with Crippen molar-refractivity contribution < 1.29 is 19.4 Å². The van der Waals surface area contributed by atoms with Gasteiger partial charge in [-0.2, -0.15) is 0 Å². The number of carboxylic acids is 1. The summed E-state index contributed by atoms with van der Waals surface area (Å²) in [5, 5.41) is 8.46. The van der Waals surface area contributed by atoms with Gasteiger partial charge >= 0.3 is 5.97 Å². The van der Waals surface area contributed by atoms with Gasteiger partial charge in [0.1, 0.15) is 6.61 Å². The van der Waals surface area contributed by atoms with Crippen LogP contribution in [0.1, 0.15) is 12.0 Å². The number of hydrogen-bond acceptors (Lipinski definition) is 4. The Balaban J connectivity index is 2.27. The minimum atomic E-state index is -1.09. The maximum atomic E-state index is 11.4. The Bertz CT molecular complexity index is 377. The van der Waals surface area contributed by atoms with Crippen LogP contribution in [0.15, 0.2) is 30.3 Å². The van der Waals surface area contributed by atoms with Crippen molar-refractivity contribution in [1.29, 1.82) is 0 Å². The van der Waals surface area contributed by atoms with Gasteiger partial charge in [0, 0.05) is 0 Å². The summed E-state index contributed by atoms with van der Waals surface area (Å²) < 4.78 is 5.16. The fourth-order valence-corrected chi connectivity index (χ4v) is 1.25. The van der Waals surface area contributed by atoms with Gasteiger partial charge in [-0.15, -0.1) is 0 Å². The van der Waals surface area contributed by atoms with Crippen LogP contribution in [0.2, 0.25) is 0 Å². The molecular weight excluding hydrogens is 222 g/mol. The first-order valence-electron chi connectivity index (χ1n) is 5.21. The van der Waals surface area contributed by atoms with Gasteiger partial charge in [-0.3, -0.25) is 9.59 Å². The lowest BCUT2D eigenvalue weighted by atomic mass is 10.1. The minimum absolute atomic E-state index is 0.163. The van der Waals surface area contributed by atoms with Crippen LogP contribution >= 0.6 is 0 Å². The minimum Gasteiger partial charge on any atom is -0.481 e. The zero-order valence-electron chi connectivity index (χ0n) is 9.33. The molecule has 5 heteroatoms. The second-order valence-electron chi connectivity index (χ2n) is 3.65. The van der Waals surface area contributed by atoms with Gasteiger partial charge in [0.15, 0.2) is 5.78 Å². The third kappa shape index (κ3) is 5.24. The van der Waals surface area contributed by atoms with Crippen molar-refractivity contribution in [2.24, 2.45) is 5.73 Å². The summed E-state index contributed by atoms with van der Waals surface area (Å²) in [6.45, 7) is 0.149. The van der Waals surface area contributed by atoms with E-state index < -0.39 is 17.8 Å². The molecule has 5 nitrogen and oxygen atoms in total. The molecule has 1 rings (SSSR count). The second-order valence-corrected chi connectivity index (χ2v) is 3.65. The number of rotatable bonds is 7. The number of ketones is 1. The molecule has 0 bridgehead atoms. The Labute approximate surface area is 99.2 Å². The topological polar surface area (TPSA) is 89.6 Å². The van der Waals surface area contributed by atoms with Crippen molar-refractivity contribution in [3.8, 4) is 0 Å². The highest BCUT2D eigenvalue weighted by molar-refractivity contribution is 5.88. The first kappa shape index (κ1) is 13.3. The quantitative estimate of drug-likeness (QED) is 0.723. The average molecular weight is 237 g/mol. The molecule has 0 radical (unpaired) electrons. The first-order chi connectivity index (χ1) is 8.09. The number of carbonyl (C=O) groups excluding carboxylic acids is 1. The van der Waals surface area contributed by atoms with E-state index in [1.54, 1.807) is 0 Å². The third-order valence-corrected chi connectivity index (χ3v) is 2.16. The zero-order valence-corrected chi connectivity index (χ0v) is 9.33. The van der Waals surface area contributed by atoms with E-state index in [4.69, 9.17) is 15.6 Å². The molecule has 0 fully saturated rings. The van der Waals surface area contributed by atoms with E-state index in [0.29, 0.717) is 6.61 Å².